The number of furan rings is 1. The fourth-order valence-corrected chi connectivity index (χ4v) is 1.40. The summed E-state index contributed by atoms with van der Waals surface area (Å²) in [6.45, 7) is 3.77. The second kappa shape index (κ2) is 3.14. The van der Waals surface area contributed by atoms with E-state index >= 15 is 0 Å². The van der Waals surface area contributed by atoms with Crippen LogP contribution in [0.15, 0.2) is 28.9 Å². The van der Waals surface area contributed by atoms with Gasteiger partial charge in [0.25, 0.3) is 0 Å². The quantitative estimate of drug-likeness (QED) is 0.680. The van der Waals surface area contributed by atoms with Crippen LogP contribution in [-0.4, -0.2) is 10.6 Å². The first kappa shape index (κ1) is 8.74. The molecule has 0 bridgehead atoms. The highest BCUT2D eigenvalue weighted by molar-refractivity contribution is 5.92. The van der Waals surface area contributed by atoms with Gasteiger partial charge in [0, 0.05) is 13.0 Å². The first-order valence-electron chi connectivity index (χ1n) is 4.35. The Hall–Kier alpha value is -1.84. The first-order chi connectivity index (χ1) is 6.68. The van der Waals surface area contributed by atoms with Gasteiger partial charge in [0.2, 0.25) is 5.69 Å². The third-order valence-corrected chi connectivity index (χ3v) is 2.00. The van der Waals surface area contributed by atoms with Crippen LogP contribution in [0.3, 0.4) is 0 Å². The van der Waals surface area contributed by atoms with Gasteiger partial charge < -0.3 is 4.42 Å². The second-order valence-corrected chi connectivity index (χ2v) is 3.20. The van der Waals surface area contributed by atoms with E-state index in [4.69, 9.17) is 4.42 Å². The van der Waals surface area contributed by atoms with E-state index in [2.05, 4.69) is 5.10 Å². The van der Waals surface area contributed by atoms with E-state index in [-0.39, 0.29) is 5.91 Å². The molecule has 72 valence electrons. The fraction of sp³-hybridized carbons (Fsp3) is 0.200. The minimum atomic E-state index is -0.180. The zero-order valence-corrected chi connectivity index (χ0v) is 8.07. The number of carbonyl (C=O) groups is 1. The highest BCUT2D eigenvalue weighted by Gasteiger charge is 2.19. The lowest BCUT2D eigenvalue weighted by Crippen LogP contribution is -2.28. The molecule has 0 unspecified atom stereocenters. The summed E-state index contributed by atoms with van der Waals surface area (Å²) in [6.07, 6.45) is 1.49. The molecule has 0 saturated heterocycles. The van der Waals surface area contributed by atoms with Gasteiger partial charge in [-0.15, -0.1) is 5.10 Å². The number of H-pyrrole nitrogens is 1. The van der Waals surface area contributed by atoms with Gasteiger partial charge in [-0.25, -0.2) is 0 Å². The lowest BCUT2D eigenvalue weighted by Gasteiger charge is -1.93. The molecule has 14 heavy (non-hydrogen) atoms. The molecule has 0 radical (unpaired) electrons. The Morgan fingerprint density at radius 3 is 2.79 bits per heavy atom. The first-order valence-corrected chi connectivity index (χ1v) is 4.35. The number of aromatic amines is 1. The van der Waals surface area contributed by atoms with Crippen molar-refractivity contribution < 1.29 is 14.3 Å². The zero-order valence-electron chi connectivity index (χ0n) is 8.07. The minimum Gasteiger partial charge on any atom is -0.459 e. The summed E-state index contributed by atoms with van der Waals surface area (Å²) >= 11 is 0. The summed E-state index contributed by atoms with van der Waals surface area (Å²) in [5, 5.41) is 2.94. The molecule has 1 N–H and O–H groups in total. The van der Waals surface area contributed by atoms with Gasteiger partial charge in [-0.3, -0.25) is 4.79 Å². The smallest absolute Gasteiger partial charge is 0.348 e. The van der Waals surface area contributed by atoms with Crippen LogP contribution < -0.4 is 5.10 Å². The van der Waals surface area contributed by atoms with E-state index in [1.807, 2.05) is 19.9 Å². The molecule has 2 rings (SSSR count). The predicted octanol–water partition coefficient (Wildman–Crippen LogP) is 1.20. The van der Waals surface area contributed by atoms with Crippen molar-refractivity contribution in [2.75, 3.05) is 0 Å². The number of nitrogens with zero attached hydrogens (tertiary/aromatic N) is 1. The predicted molar refractivity (Wildman–Crippen MR) is 48.9 cm³/mol. The van der Waals surface area contributed by atoms with E-state index in [0.717, 1.165) is 11.4 Å². The Morgan fingerprint density at radius 2 is 2.29 bits per heavy atom. The number of hydrogen-bond acceptors (Lipinski definition) is 2. The summed E-state index contributed by atoms with van der Waals surface area (Å²) in [5.41, 5.74) is 1.81. The maximum Gasteiger partial charge on any atom is 0.348 e. The van der Waals surface area contributed by atoms with Gasteiger partial charge in [-0.05, 0) is 19.1 Å². The standard InChI is InChI=1S/C10H10N2O2/c1-7-6-8(2)12(11-7)10(13)9-4-3-5-14-9/h3-6H,1-2H3/p+1. The summed E-state index contributed by atoms with van der Waals surface area (Å²) in [4.78, 5) is 11.8. The average molecular weight is 191 g/mol. The average Bonchev–Trinajstić information content (AvgIpc) is 2.73. The summed E-state index contributed by atoms with van der Waals surface area (Å²) < 4.78 is 6.49. The molecule has 2 aromatic rings. The van der Waals surface area contributed by atoms with Crippen molar-refractivity contribution >= 4 is 5.91 Å². The van der Waals surface area contributed by atoms with Crippen LogP contribution in [0.4, 0.5) is 0 Å². The minimum absolute atomic E-state index is 0.180. The number of nitrogens with one attached hydrogen (secondary N) is 1. The highest BCUT2D eigenvalue weighted by Crippen LogP contribution is 2.05. The van der Waals surface area contributed by atoms with Gasteiger partial charge in [-0.2, -0.15) is 0 Å². The molecule has 0 amide bonds. The van der Waals surface area contributed by atoms with Crippen molar-refractivity contribution in [2.24, 2.45) is 0 Å². The molecule has 4 nitrogen and oxygen atoms in total. The summed E-state index contributed by atoms with van der Waals surface area (Å²) in [5.74, 6) is 0.153. The van der Waals surface area contributed by atoms with Crippen molar-refractivity contribution in [3.63, 3.8) is 0 Å². The number of aryl methyl sites for hydroxylation is 2. The Kier molecular flexibility index (Phi) is 1.96. The SMILES string of the molecule is Cc1cc(C)n(C(=O)c2ccco2)[nH+]1. The highest BCUT2D eigenvalue weighted by atomic mass is 16.3. The molecule has 0 aliphatic carbocycles. The molecule has 2 aromatic heterocycles. The number of carbonyl (C=O) groups excluding carboxylic acids is 1. The Labute approximate surface area is 81.1 Å². The molecule has 0 spiro atoms. The number of aromatic nitrogens is 2. The van der Waals surface area contributed by atoms with E-state index in [1.165, 1.54) is 10.9 Å². The lowest BCUT2D eigenvalue weighted by molar-refractivity contribution is -0.479. The van der Waals surface area contributed by atoms with Gasteiger partial charge in [0.15, 0.2) is 5.76 Å². The Bertz CT molecular complexity index is 454. The normalized spacial score (nSPS) is 10.4. The maximum absolute atomic E-state index is 11.8. The molecular formula is C10H11N2O2+. The largest absolute Gasteiger partial charge is 0.459 e. The molecule has 0 aliphatic rings. The van der Waals surface area contributed by atoms with Crippen molar-refractivity contribution in [3.8, 4) is 0 Å². The zero-order chi connectivity index (χ0) is 10.1. The van der Waals surface area contributed by atoms with Crippen LogP contribution in [0.25, 0.3) is 0 Å². The van der Waals surface area contributed by atoms with Gasteiger partial charge in [-0.1, -0.05) is 4.68 Å². The molecule has 0 aromatic carbocycles. The Morgan fingerprint density at radius 1 is 1.50 bits per heavy atom. The molecule has 2 heterocycles. The van der Waals surface area contributed by atoms with E-state index in [0.29, 0.717) is 5.76 Å². The lowest BCUT2D eigenvalue weighted by atomic mass is 10.4. The summed E-state index contributed by atoms with van der Waals surface area (Å²) in [7, 11) is 0. The number of hydrogen-bond donors (Lipinski definition) is 0. The molecule has 0 fully saturated rings. The van der Waals surface area contributed by atoms with E-state index in [1.54, 1.807) is 12.1 Å². The van der Waals surface area contributed by atoms with Crippen LogP contribution in [0.5, 0.6) is 0 Å². The molecule has 4 heteroatoms. The van der Waals surface area contributed by atoms with Crippen LogP contribution in [0.2, 0.25) is 0 Å². The third-order valence-electron chi connectivity index (χ3n) is 2.00. The van der Waals surface area contributed by atoms with Gasteiger partial charge in [0.1, 0.15) is 0 Å². The van der Waals surface area contributed by atoms with Crippen molar-refractivity contribution in [1.82, 2.24) is 4.68 Å². The van der Waals surface area contributed by atoms with Crippen molar-refractivity contribution in [2.45, 2.75) is 13.8 Å². The monoisotopic (exact) mass is 191 g/mol. The van der Waals surface area contributed by atoms with Gasteiger partial charge in [0.05, 0.1) is 12.0 Å². The number of rotatable bonds is 1. The van der Waals surface area contributed by atoms with Crippen LogP contribution in [0, 0.1) is 13.8 Å². The molecule has 0 atom stereocenters. The third kappa shape index (κ3) is 1.35. The molecule has 0 aliphatic heterocycles. The van der Waals surface area contributed by atoms with Crippen molar-refractivity contribution in [1.29, 1.82) is 0 Å². The second-order valence-electron chi connectivity index (χ2n) is 3.20. The Balaban J connectivity index is 2.41. The van der Waals surface area contributed by atoms with Crippen LogP contribution >= 0.6 is 0 Å². The van der Waals surface area contributed by atoms with E-state index in [9.17, 15) is 4.79 Å². The topological polar surface area (TPSA) is 49.3 Å². The molecule has 0 saturated carbocycles. The molecular weight excluding hydrogens is 180 g/mol. The van der Waals surface area contributed by atoms with Crippen LogP contribution in [0.1, 0.15) is 21.9 Å². The maximum atomic E-state index is 11.8. The van der Waals surface area contributed by atoms with Gasteiger partial charge >= 0.3 is 5.91 Å². The van der Waals surface area contributed by atoms with E-state index < -0.39 is 0 Å². The van der Waals surface area contributed by atoms with Crippen molar-refractivity contribution in [3.05, 3.63) is 41.6 Å². The fourth-order valence-electron chi connectivity index (χ4n) is 1.40. The van der Waals surface area contributed by atoms with Crippen LogP contribution in [-0.2, 0) is 0 Å². The summed E-state index contributed by atoms with van der Waals surface area (Å²) in [6, 6.07) is 5.24.